The Morgan fingerprint density at radius 2 is 1.30 bits per heavy atom. The predicted octanol–water partition coefficient (Wildman–Crippen LogP) is 5.24. The molecule has 1 rings (SSSR count). The summed E-state index contributed by atoms with van der Waals surface area (Å²) in [5.74, 6) is -0.0489. The van der Waals surface area contributed by atoms with Crippen LogP contribution in [0.15, 0.2) is 18.2 Å². The lowest BCUT2D eigenvalue weighted by Gasteiger charge is -2.18. The number of methoxy groups -OCH3 is 1. The fourth-order valence-electron chi connectivity index (χ4n) is 3.41. The van der Waals surface area contributed by atoms with Crippen LogP contribution in [-0.2, 0) is 35.0 Å². The lowest BCUT2D eigenvalue weighted by molar-refractivity contribution is -0.143. The number of nitrogens with one attached hydrogen (secondary N) is 1. The molecule has 0 saturated carbocycles. The van der Waals surface area contributed by atoms with E-state index in [1.165, 1.54) is 7.11 Å². The number of hydrogen-bond donors (Lipinski definition) is 1. The average Bonchev–Trinajstić information content (AvgIpc) is 2.88. The van der Waals surface area contributed by atoms with E-state index >= 15 is 0 Å². The molecule has 0 aliphatic rings. The Morgan fingerprint density at radius 3 is 1.85 bits per heavy atom. The van der Waals surface area contributed by atoms with Crippen molar-refractivity contribution in [1.82, 2.24) is 5.32 Å². The molecular formula is C30H47NO9. The fraction of sp³-hybridized carbons (Fsp3) is 0.667. The van der Waals surface area contributed by atoms with Crippen LogP contribution < -0.4 is 14.8 Å². The number of rotatable bonds is 18. The van der Waals surface area contributed by atoms with Crippen LogP contribution in [0.1, 0.15) is 79.2 Å². The van der Waals surface area contributed by atoms with E-state index in [4.69, 9.17) is 23.7 Å². The third-order valence-corrected chi connectivity index (χ3v) is 5.86. The second kappa shape index (κ2) is 19.0. The Morgan fingerprint density at radius 1 is 0.750 bits per heavy atom. The van der Waals surface area contributed by atoms with Gasteiger partial charge in [0.05, 0.1) is 13.7 Å². The normalized spacial score (nSPS) is 11.8. The molecule has 0 fully saturated rings. The van der Waals surface area contributed by atoms with Gasteiger partial charge in [-0.15, -0.1) is 0 Å². The van der Waals surface area contributed by atoms with Gasteiger partial charge in [-0.1, -0.05) is 47.6 Å². The number of benzene rings is 1. The zero-order valence-corrected chi connectivity index (χ0v) is 25.1. The number of esters is 3. The highest BCUT2D eigenvalue weighted by Crippen LogP contribution is 2.30. The topological polar surface area (TPSA) is 126 Å². The molecule has 0 aliphatic heterocycles. The smallest absolute Gasteiger partial charge is 0.468 e. The molecule has 0 unspecified atom stereocenters. The quantitative estimate of drug-likeness (QED) is 0.143. The van der Waals surface area contributed by atoms with E-state index in [9.17, 15) is 19.2 Å². The van der Waals surface area contributed by atoms with Crippen molar-refractivity contribution in [1.29, 1.82) is 0 Å². The first-order chi connectivity index (χ1) is 18.9. The van der Waals surface area contributed by atoms with Crippen molar-refractivity contribution < 1.29 is 42.9 Å². The fourth-order valence-corrected chi connectivity index (χ4v) is 3.41. The highest BCUT2D eigenvalue weighted by atomic mass is 16.7. The number of carbonyl (C=O) groups excluding carboxylic acids is 4. The number of carbonyl (C=O) groups is 4. The summed E-state index contributed by atoms with van der Waals surface area (Å²) in [6, 6.07) is 4.06. The zero-order valence-electron chi connectivity index (χ0n) is 25.1. The molecule has 0 amide bonds. The van der Waals surface area contributed by atoms with Gasteiger partial charge in [0.25, 0.3) is 0 Å². The van der Waals surface area contributed by atoms with Crippen LogP contribution in [0.3, 0.4) is 0 Å². The van der Waals surface area contributed by atoms with Gasteiger partial charge >= 0.3 is 24.1 Å². The van der Waals surface area contributed by atoms with Crippen molar-refractivity contribution >= 4 is 24.1 Å². The minimum Gasteiger partial charge on any atom is -0.468 e. The summed E-state index contributed by atoms with van der Waals surface area (Å²) in [5.41, 5.74) is 0.644. The maximum Gasteiger partial charge on any atom is 0.508 e. The monoisotopic (exact) mass is 565 g/mol. The van der Waals surface area contributed by atoms with Crippen molar-refractivity contribution in [2.24, 2.45) is 17.8 Å². The molecule has 1 aromatic rings. The van der Waals surface area contributed by atoms with Crippen molar-refractivity contribution in [2.75, 3.05) is 26.9 Å². The highest BCUT2D eigenvalue weighted by Gasteiger charge is 2.22. The molecule has 10 nitrogen and oxygen atoms in total. The largest absolute Gasteiger partial charge is 0.508 e. The van der Waals surface area contributed by atoms with Gasteiger partial charge in [0.15, 0.2) is 11.5 Å². The van der Waals surface area contributed by atoms with Crippen LogP contribution in [0.25, 0.3) is 0 Å². The molecule has 0 saturated heterocycles. The van der Waals surface area contributed by atoms with E-state index in [1.807, 2.05) is 41.5 Å². The molecular weight excluding hydrogens is 518 g/mol. The summed E-state index contributed by atoms with van der Waals surface area (Å²) in [6.45, 7) is 12.6. The van der Waals surface area contributed by atoms with Crippen molar-refractivity contribution in [2.45, 2.75) is 86.1 Å². The summed E-state index contributed by atoms with van der Waals surface area (Å²) in [4.78, 5) is 49.0. The minimum atomic E-state index is -0.769. The summed E-state index contributed by atoms with van der Waals surface area (Å²) in [7, 11) is 1.28. The van der Waals surface area contributed by atoms with Gasteiger partial charge in [-0.3, -0.25) is 14.4 Å². The van der Waals surface area contributed by atoms with E-state index in [1.54, 1.807) is 18.2 Å². The second-order valence-corrected chi connectivity index (χ2v) is 11.0. The first-order valence-corrected chi connectivity index (χ1v) is 14.1. The maximum absolute atomic E-state index is 12.5. The minimum absolute atomic E-state index is 0.00200. The van der Waals surface area contributed by atoms with Gasteiger partial charge in [0, 0.05) is 19.4 Å². The van der Waals surface area contributed by atoms with Crippen LogP contribution in [0, 0.1) is 17.8 Å². The maximum atomic E-state index is 12.5. The van der Waals surface area contributed by atoms with Crippen LogP contribution in [-0.4, -0.2) is 57.0 Å². The van der Waals surface area contributed by atoms with Crippen LogP contribution in [0.5, 0.6) is 11.5 Å². The van der Waals surface area contributed by atoms with E-state index < -0.39 is 30.1 Å². The van der Waals surface area contributed by atoms with Crippen molar-refractivity contribution in [3.63, 3.8) is 0 Å². The third kappa shape index (κ3) is 15.5. The Balaban J connectivity index is 2.91. The van der Waals surface area contributed by atoms with Crippen LogP contribution in [0.4, 0.5) is 4.79 Å². The standard InChI is InChI=1S/C30H47NO9/c1-20(2)8-12-27(32)39-25-11-10-23(19-26(25)40-28(33)13-9-21(3)4)18-24(29(34)36-7)31-15-17-38-30(35)37-16-14-22(5)6/h10-11,19-22,24,31H,8-9,12-18H2,1-7H3/t24-/m0/s1. The SMILES string of the molecule is COC(=O)[C@H](Cc1ccc(OC(=O)CCC(C)C)c(OC(=O)CCC(C)C)c1)NCCOC(=O)OCCC(C)C. The van der Waals surface area contributed by atoms with Gasteiger partial charge < -0.3 is 29.0 Å². The Bertz CT molecular complexity index is 943. The van der Waals surface area contributed by atoms with Crippen molar-refractivity contribution in [3.05, 3.63) is 23.8 Å². The Kier molecular flexibility index (Phi) is 16.6. The molecule has 1 N–H and O–H groups in total. The van der Waals surface area contributed by atoms with Crippen molar-refractivity contribution in [3.8, 4) is 11.5 Å². The molecule has 1 aromatic carbocycles. The molecule has 226 valence electrons. The summed E-state index contributed by atoms with van der Waals surface area (Å²) in [5, 5.41) is 3.02. The predicted molar refractivity (Wildman–Crippen MR) is 150 cm³/mol. The molecule has 0 aromatic heterocycles. The molecule has 0 bridgehead atoms. The number of ether oxygens (including phenoxy) is 5. The lowest BCUT2D eigenvalue weighted by atomic mass is 10.0. The first-order valence-electron chi connectivity index (χ1n) is 14.1. The average molecular weight is 566 g/mol. The van der Waals surface area contributed by atoms with E-state index in [0.717, 1.165) is 6.42 Å². The molecule has 40 heavy (non-hydrogen) atoms. The molecule has 1 atom stereocenters. The number of hydrogen-bond acceptors (Lipinski definition) is 10. The second-order valence-electron chi connectivity index (χ2n) is 11.0. The molecule has 10 heteroatoms. The van der Waals surface area contributed by atoms with Crippen LogP contribution >= 0.6 is 0 Å². The molecule has 0 radical (unpaired) electrons. The van der Waals surface area contributed by atoms with E-state index in [2.05, 4.69) is 5.32 Å². The van der Waals surface area contributed by atoms with Gasteiger partial charge in [-0.2, -0.15) is 0 Å². The Hall–Kier alpha value is -3.14. The molecule has 0 spiro atoms. The van der Waals surface area contributed by atoms with Gasteiger partial charge in [-0.05, 0) is 61.1 Å². The Labute approximate surface area is 238 Å². The van der Waals surface area contributed by atoms with Crippen LogP contribution in [0.2, 0.25) is 0 Å². The highest BCUT2D eigenvalue weighted by molar-refractivity contribution is 5.77. The summed E-state index contributed by atoms with van der Waals surface area (Å²) < 4.78 is 26.1. The first kappa shape index (κ1) is 34.9. The van der Waals surface area contributed by atoms with Gasteiger partial charge in [0.2, 0.25) is 0 Å². The molecule has 0 aliphatic carbocycles. The zero-order chi connectivity index (χ0) is 30.1. The van der Waals surface area contributed by atoms with E-state index in [-0.39, 0.29) is 50.5 Å². The third-order valence-electron chi connectivity index (χ3n) is 5.86. The lowest BCUT2D eigenvalue weighted by Crippen LogP contribution is -2.41. The van der Waals surface area contributed by atoms with Gasteiger partial charge in [0.1, 0.15) is 12.6 Å². The summed E-state index contributed by atoms with van der Waals surface area (Å²) >= 11 is 0. The molecule has 0 heterocycles. The summed E-state index contributed by atoms with van der Waals surface area (Å²) in [6.07, 6.45) is 1.94. The van der Waals surface area contributed by atoms with E-state index in [0.29, 0.717) is 36.2 Å². The van der Waals surface area contributed by atoms with Gasteiger partial charge in [-0.25, -0.2) is 4.79 Å².